The highest BCUT2D eigenvalue weighted by Crippen LogP contribution is 2.26. The molecule has 2 rings (SSSR count). The van der Waals surface area contributed by atoms with Crippen LogP contribution in [0.3, 0.4) is 0 Å². The molecule has 104 valence electrons. The third-order valence-electron chi connectivity index (χ3n) is 2.47. The van der Waals surface area contributed by atoms with Gasteiger partial charge in [0.25, 0.3) is 0 Å². The Bertz CT molecular complexity index is 617. The fourth-order valence-electron chi connectivity index (χ4n) is 1.53. The summed E-state index contributed by atoms with van der Waals surface area (Å²) >= 11 is 8.33. The van der Waals surface area contributed by atoms with E-state index in [1.54, 1.807) is 19.1 Å². The fourth-order valence-corrected chi connectivity index (χ4v) is 2.43. The van der Waals surface area contributed by atoms with Crippen molar-refractivity contribution in [3.05, 3.63) is 50.7 Å². The lowest BCUT2D eigenvalue weighted by atomic mass is 10.2. The number of esters is 1. The van der Waals surface area contributed by atoms with Crippen LogP contribution < -0.4 is 5.32 Å². The maximum Gasteiger partial charge on any atom is 0.339 e. The summed E-state index contributed by atoms with van der Waals surface area (Å²) < 4.78 is 5.96. The molecule has 1 N–H and O–H groups in total. The standard InChI is InChI=1S/C14H12ClIN2O2/c1-2-20-14(19)9-3-6-13(17-8-9)18-12-5-4-10(16)7-11(12)15/h3-8H,2H2,1H3,(H,17,18). The van der Waals surface area contributed by atoms with Crippen molar-refractivity contribution >= 4 is 51.7 Å². The molecule has 0 unspecified atom stereocenters. The number of pyridine rings is 1. The third kappa shape index (κ3) is 3.83. The van der Waals surface area contributed by atoms with E-state index in [0.29, 0.717) is 23.0 Å². The molecule has 0 aliphatic rings. The summed E-state index contributed by atoms with van der Waals surface area (Å²) in [6, 6.07) is 9.05. The molecular weight excluding hydrogens is 391 g/mol. The Hall–Kier alpha value is -1.34. The third-order valence-corrected chi connectivity index (χ3v) is 3.45. The van der Waals surface area contributed by atoms with Gasteiger partial charge < -0.3 is 10.1 Å². The molecule has 0 radical (unpaired) electrons. The number of anilines is 2. The number of halogens is 2. The number of nitrogens with one attached hydrogen (secondary N) is 1. The number of carbonyl (C=O) groups excluding carboxylic acids is 1. The first-order chi connectivity index (χ1) is 9.60. The van der Waals surface area contributed by atoms with Crippen LogP contribution in [0.1, 0.15) is 17.3 Å². The van der Waals surface area contributed by atoms with Crippen LogP contribution in [0.25, 0.3) is 0 Å². The van der Waals surface area contributed by atoms with E-state index in [1.165, 1.54) is 6.20 Å². The van der Waals surface area contributed by atoms with E-state index in [0.717, 1.165) is 9.26 Å². The maximum atomic E-state index is 11.5. The van der Waals surface area contributed by atoms with Gasteiger partial charge in [0.2, 0.25) is 0 Å². The molecule has 1 heterocycles. The van der Waals surface area contributed by atoms with E-state index >= 15 is 0 Å². The van der Waals surface area contributed by atoms with Gasteiger partial charge >= 0.3 is 5.97 Å². The summed E-state index contributed by atoms with van der Waals surface area (Å²) in [7, 11) is 0. The van der Waals surface area contributed by atoms with E-state index in [4.69, 9.17) is 16.3 Å². The number of nitrogens with zero attached hydrogens (tertiary/aromatic N) is 1. The van der Waals surface area contributed by atoms with Gasteiger partial charge in [-0.05, 0) is 59.8 Å². The minimum atomic E-state index is -0.376. The second-order valence-electron chi connectivity index (χ2n) is 3.90. The second kappa shape index (κ2) is 6.90. The maximum absolute atomic E-state index is 11.5. The normalized spacial score (nSPS) is 10.2. The van der Waals surface area contributed by atoms with E-state index in [2.05, 4.69) is 32.9 Å². The molecule has 0 aliphatic carbocycles. The molecule has 0 saturated carbocycles. The number of benzene rings is 1. The van der Waals surface area contributed by atoms with E-state index in [9.17, 15) is 4.79 Å². The first-order valence-electron chi connectivity index (χ1n) is 5.95. The summed E-state index contributed by atoms with van der Waals surface area (Å²) in [6.45, 7) is 2.11. The van der Waals surface area contributed by atoms with Crippen LogP contribution in [0.15, 0.2) is 36.5 Å². The molecule has 0 fully saturated rings. The summed E-state index contributed by atoms with van der Waals surface area (Å²) in [5.74, 6) is 0.236. The molecule has 0 bridgehead atoms. The summed E-state index contributed by atoms with van der Waals surface area (Å²) in [4.78, 5) is 15.7. The molecule has 6 heteroatoms. The highest BCUT2D eigenvalue weighted by Gasteiger charge is 2.07. The monoisotopic (exact) mass is 402 g/mol. The molecule has 2 aromatic rings. The van der Waals surface area contributed by atoms with Crippen molar-refractivity contribution in [1.29, 1.82) is 0 Å². The Labute approximate surface area is 135 Å². The molecule has 20 heavy (non-hydrogen) atoms. The van der Waals surface area contributed by atoms with Gasteiger partial charge in [-0.3, -0.25) is 0 Å². The van der Waals surface area contributed by atoms with Crippen LogP contribution >= 0.6 is 34.2 Å². The molecule has 0 saturated heterocycles. The van der Waals surface area contributed by atoms with Crippen molar-refractivity contribution in [3.63, 3.8) is 0 Å². The minimum Gasteiger partial charge on any atom is -0.462 e. The number of aromatic nitrogens is 1. The zero-order valence-electron chi connectivity index (χ0n) is 10.7. The van der Waals surface area contributed by atoms with Crippen LogP contribution in [-0.2, 0) is 4.74 Å². The van der Waals surface area contributed by atoms with Gasteiger partial charge in [0.05, 0.1) is 22.9 Å². The Morgan fingerprint density at radius 3 is 2.80 bits per heavy atom. The number of carbonyl (C=O) groups is 1. The molecule has 0 atom stereocenters. The predicted octanol–water partition coefficient (Wildman–Crippen LogP) is 4.26. The van der Waals surface area contributed by atoms with Crippen molar-refractivity contribution in [1.82, 2.24) is 4.98 Å². The van der Waals surface area contributed by atoms with Crippen LogP contribution in [0.4, 0.5) is 11.5 Å². The largest absolute Gasteiger partial charge is 0.462 e. The summed E-state index contributed by atoms with van der Waals surface area (Å²) in [5, 5.41) is 3.72. The average Bonchev–Trinajstić information content (AvgIpc) is 2.43. The molecule has 0 aliphatic heterocycles. The number of ether oxygens (including phenoxy) is 1. The van der Waals surface area contributed by atoms with Gasteiger partial charge in [-0.2, -0.15) is 0 Å². The van der Waals surface area contributed by atoms with Crippen molar-refractivity contribution in [2.24, 2.45) is 0 Å². The van der Waals surface area contributed by atoms with E-state index in [1.807, 2.05) is 18.2 Å². The predicted molar refractivity (Wildman–Crippen MR) is 87.6 cm³/mol. The number of hydrogen-bond donors (Lipinski definition) is 1. The Kier molecular flexibility index (Phi) is 5.19. The summed E-state index contributed by atoms with van der Waals surface area (Å²) in [6.07, 6.45) is 1.47. The van der Waals surface area contributed by atoms with Gasteiger partial charge in [-0.25, -0.2) is 9.78 Å². The van der Waals surface area contributed by atoms with Gasteiger partial charge in [0.1, 0.15) is 5.82 Å². The smallest absolute Gasteiger partial charge is 0.339 e. The molecule has 4 nitrogen and oxygen atoms in total. The number of rotatable bonds is 4. The molecule has 0 amide bonds. The topological polar surface area (TPSA) is 51.2 Å². The average molecular weight is 403 g/mol. The first-order valence-corrected chi connectivity index (χ1v) is 7.41. The van der Waals surface area contributed by atoms with E-state index < -0.39 is 0 Å². The Morgan fingerprint density at radius 1 is 1.40 bits per heavy atom. The number of hydrogen-bond acceptors (Lipinski definition) is 4. The fraction of sp³-hybridized carbons (Fsp3) is 0.143. The molecule has 1 aromatic carbocycles. The van der Waals surface area contributed by atoms with Gasteiger partial charge in [0, 0.05) is 9.77 Å². The quantitative estimate of drug-likeness (QED) is 0.613. The van der Waals surface area contributed by atoms with Gasteiger partial charge in [-0.15, -0.1) is 0 Å². The van der Waals surface area contributed by atoms with Crippen molar-refractivity contribution in [2.45, 2.75) is 6.92 Å². The highest BCUT2D eigenvalue weighted by atomic mass is 127. The van der Waals surface area contributed by atoms with Crippen molar-refractivity contribution in [2.75, 3.05) is 11.9 Å². The molecular formula is C14H12ClIN2O2. The lowest BCUT2D eigenvalue weighted by Gasteiger charge is -2.08. The Morgan fingerprint density at radius 2 is 2.20 bits per heavy atom. The lowest BCUT2D eigenvalue weighted by Crippen LogP contribution is -2.05. The van der Waals surface area contributed by atoms with Crippen LogP contribution in [-0.4, -0.2) is 17.6 Å². The van der Waals surface area contributed by atoms with Gasteiger partial charge in [-0.1, -0.05) is 11.6 Å². The second-order valence-corrected chi connectivity index (χ2v) is 5.55. The lowest BCUT2D eigenvalue weighted by molar-refractivity contribution is 0.0526. The minimum absolute atomic E-state index is 0.344. The van der Waals surface area contributed by atoms with Crippen molar-refractivity contribution in [3.8, 4) is 0 Å². The molecule has 1 aromatic heterocycles. The van der Waals surface area contributed by atoms with Crippen LogP contribution in [0, 0.1) is 3.57 Å². The zero-order chi connectivity index (χ0) is 14.5. The van der Waals surface area contributed by atoms with Crippen LogP contribution in [0.2, 0.25) is 5.02 Å². The summed E-state index contributed by atoms with van der Waals surface area (Å²) in [5.41, 5.74) is 1.19. The SMILES string of the molecule is CCOC(=O)c1ccc(Nc2ccc(I)cc2Cl)nc1. The van der Waals surface area contributed by atoms with E-state index in [-0.39, 0.29) is 5.97 Å². The Balaban J connectivity index is 2.12. The first kappa shape index (κ1) is 15.1. The zero-order valence-corrected chi connectivity index (χ0v) is 13.6. The van der Waals surface area contributed by atoms with Gasteiger partial charge in [0.15, 0.2) is 0 Å². The van der Waals surface area contributed by atoms with Crippen molar-refractivity contribution < 1.29 is 9.53 Å². The molecule has 0 spiro atoms. The highest BCUT2D eigenvalue weighted by molar-refractivity contribution is 14.1. The van der Waals surface area contributed by atoms with Crippen LogP contribution in [0.5, 0.6) is 0 Å².